The van der Waals surface area contributed by atoms with E-state index in [1.165, 1.54) is 0 Å². The predicted molar refractivity (Wildman–Crippen MR) is 80.7 cm³/mol. The first kappa shape index (κ1) is 16.7. The van der Waals surface area contributed by atoms with Gasteiger partial charge in [0.1, 0.15) is 5.75 Å². The Bertz CT molecular complexity index is 339. The number of benzene rings is 1. The Morgan fingerprint density at radius 3 is 2.11 bits per heavy atom. The first-order valence-corrected chi connectivity index (χ1v) is 8.23. The summed E-state index contributed by atoms with van der Waals surface area (Å²) >= 11 is 6.07. The second-order valence-electron chi connectivity index (χ2n) is 4.12. The Morgan fingerprint density at radius 2 is 1.58 bits per heavy atom. The highest BCUT2D eigenvalue weighted by atomic mass is 35.5. The molecule has 0 spiro atoms. The highest BCUT2D eigenvalue weighted by Gasteiger charge is 2.15. The zero-order valence-electron chi connectivity index (χ0n) is 11.6. The molecule has 0 aliphatic heterocycles. The fourth-order valence-corrected chi connectivity index (χ4v) is 2.54. The van der Waals surface area contributed by atoms with Gasteiger partial charge >= 0.3 is 8.60 Å². The van der Waals surface area contributed by atoms with Crippen LogP contribution in [0.1, 0.15) is 39.5 Å². The lowest BCUT2D eigenvalue weighted by atomic mass is 10.3. The van der Waals surface area contributed by atoms with Gasteiger partial charge < -0.3 is 13.6 Å². The second-order valence-corrected chi connectivity index (χ2v) is 5.67. The van der Waals surface area contributed by atoms with Crippen molar-refractivity contribution in [2.75, 3.05) is 13.2 Å². The van der Waals surface area contributed by atoms with Crippen molar-refractivity contribution < 1.29 is 13.6 Å². The topological polar surface area (TPSA) is 27.7 Å². The van der Waals surface area contributed by atoms with Gasteiger partial charge in [-0.1, -0.05) is 50.4 Å². The van der Waals surface area contributed by atoms with Crippen molar-refractivity contribution in [3.8, 4) is 5.75 Å². The molecule has 0 radical (unpaired) electrons. The molecule has 0 bridgehead atoms. The van der Waals surface area contributed by atoms with Gasteiger partial charge in [0, 0.05) is 0 Å². The fraction of sp³-hybridized carbons (Fsp3) is 0.571. The molecule has 1 rings (SSSR count). The van der Waals surface area contributed by atoms with Gasteiger partial charge in [-0.15, -0.1) is 0 Å². The summed E-state index contributed by atoms with van der Waals surface area (Å²) in [5.74, 6) is 0.614. The van der Waals surface area contributed by atoms with Gasteiger partial charge in [-0.2, -0.15) is 0 Å². The largest absolute Gasteiger partial charge is 0.425 e. The molecule has 3 nitrogen and oxygen atoms in total. The Balaban J connectivity index is 2.49. The van der Waals surface area contributed by atoms with E-state index >= 15 is 0 Å². The van der Waals surface area contributed by atoms with Gasteiger partial charge in [-0.25, -0.2) is 0 Å². The number of hydrogen-bond acceptors (Lipinski definition) is 3. The molecule has 0 saturated carbocycles. The third-order valence-electron chi connectivity index (χ3n) is 2.40. The van der Waals surface area contributed by atoms with Gasteiger partial charge in [0.15, 0.2) is 0 Å². The van der Waals surface area contributed by atoms with Gasteiger partial charge in [-0.3, -0.25) is 0 Å². The quantitative estimate of drug-likeness (QED) is 0.417. The second kappa shape index (κ2) is 10.4. The summed E-state index contributed by atoms with van der Waals surface area (Å²) in [7, 11) is -1.36. The number of unbranched alkanes of at least 4 members (excludes halogenated alkanes) is 2. The minimum Gasteiger partial charge on any atom is -0.425 e. The van der Waals surface area contributed by atoms with Crippen LogP contribution in [0, 0.1) is 0 Å². The van der Waals surface area contributed by atoms with Crippen molar-refractivity contribution in [2.45, 2.75) is 39.5 Å². The zero-order valence-corrected chi connectivity index (χ0v) is 13.3. The van der Waals surface area contributed by atoms with E-state index in [0.717, 1.165) is 25.7 Å². The van der Waals surface area contributed by atoms with Crippen LogP contribution in [0.4, 0.5) is 0 Å². The van der Waals surface area contributed by atoms with Crippen LogP contribution < -0.4 is 4.52 Å². The molecule has 19 heavy (non-hydrogen) atoms. The SMILES string of the molecule is CCCCOP(OCCCC)Oc1ccccc1Cl. The third kappa shape index (κ3) is 7.12. The van der Waals surface area contributed by atoms with E-state index in [2.05, 4.69) is 13.8 Å². The van der Waals surface area contributed by atoms with Crippen molar-refractivity contribution in [3.63, 3.8) is 0 Å². The van der Waals surface area contributed by atoms with Gasteiger partial charge in [0.25, 0.3) is 0 Å². The van der Waals surface area contributed by atoms with Crippen LogP contribution in [0.25, 0.3) is 0 Å². The van der Waals surface area contributed by atoms with Crippen molar-refractivity contribution in [3.05, 3.63) is 29.3 Å². The highest BCUT2D eigenvalue weighted by Crippen LogP contribution is 2.43. The van der Waals surface area contributed by atoms with Crippen molar-refractivity contribution >= 4 is 20.2 Å². The average molecular weight is 305 g/mol. The summed E-state index contributed by atoms with van der Waals surface area (Å²) in [6, 6.07) is 7.37. The standard InChI is InChI=1S/C14H22ClO3P/c1-3-5-11-16-19(17-12-6-4-2)18-14-10-8-7-9-13(14)15/h7-10H,3-6,11-12H2,1-2H3. The van der Waals surface area contributed by atoms with Crippen LogP contribution in [0.3, 0.4) is 0 Å². The number of halogens is 1. The highest BCUT2D eigenvalue weighted by molar-refractivity contribution is 7.42. The minimum absolute atomic E-state index is 0.577. The molecule has 0 aromatic heterocycles. The summed E-state index contributed by atoms with van der Waals surface area (Å²) in [5, 5.41) is 0.577. The Labute approximate surface area is 122 Å². The fourth-order valence-electron chi connectivity index (χ4n) is 1.26. The normalized spacial score (nSPS) is 10.9. The number of para-hydroxylation sites is 1. The van der Waals surface area contributed by atoms with Crippen LogP contribution >= 0.6 is 20.2 Å². The molecular weight excluding hydrogens is 283 g/mol. The van der Waals surface area contributed by atoms with Crippen molar-refractivity contribution in [1.29, 1.82) is 0 Å². The molecule has 1 aromatic carbocycles. The molecule has 1 aromatic rings. The maximum absolute atomic E-state index is 6.07. The smallest absolute Gasteiger partial charge is 0.397 e. The van der Waals surface area contributed by atoms with Crippen LogP contribution in [-0.2, 0) is 9.05 Å². The summed E-state index contributed by atoms with van der Waals surface area (Å²) in [5.41, 5.74) is 0. The lowest BCUT2D eigenvalue weighted by Gasteiger charge is -2.17. The molecule has 0 aliphatic rings. The molecule has 0 fully saturated rings. The van der Waals surface area contributed by atoms with Gasteiger partial charge in [-0.05, 0) is 25.0 Å². The first-order valence-electron chi connectivity index (χ1n) is 6.76. The molecule has 0 heterocycles. The number of rotatable bonds is 10. The van der Waals surface area contributed by atoms with Crippen LogP contribution in [0.2, 0.25) is 5.02 Å². The van der Waals surface area contributed by atoms with Crippen LogP contribution in [0.15, 0.2) is 24.3 Å². The Morgan fingerprint density at radius 1 is 1.00 bits per heavy atom. The molecule has 0 unspecified atom stereocenters. The van der Waals surface area contributed by atoms with E-state index < -0.39 is 8.60 Å². The van der Waals surface area contributed by atoms with E-state index in [1.54, 1.807) is 6.07 Å². The van der Waals surface area contributed by atoms with E-state index in [-0.39, 0.29) is 0 Å². The van der Waals surface area contributed by atoms with Gasteiger partial charge in [0.2, 0.25) is 0 Å². The van der Waals surface area contributed by atoms with E-state index in [0.29, 0.717) is 24.0 Å². The monoisotopic (exact) mass is 304 g/mol. The number of hydrogen-bond donors (Lipinski definition) is 0. The summed E-state index contributed by atoms with van der Waals surface area (Å²) in [6.45, 7) is 5.55. The molecule has 0 atom stereocenters. The van der Waals surface area contributed by atoms with E-state index in [9.17, 15) is 0 Å². The maximum atomic E-state index is 6.07. The molecule has 0 amide bonds. The Kier molecular flexibility index (Phi) is 9.19. The summed E-state index contributed by atoms with van der Waals surface area (Å²) in [4.78, 5) is 0. The van der Waals surface area contributed by atoms with Crippen molar-refractivity contribution in [2.24, 2.45) is 0 Å². The average Bonchev–Trinajstić information content (AvgIpc) is 2.41. The third-order valence-corrected chi connectivity index (χ3v) is 3.84. The summed E-state index contributed by atoms with van der Waals surface area (Å²) in [6.07, 6.45) is 4.18. The maximum Gasteiger partial charge on any atom is 0.397 e. The molecule has 108 valence electrons. The lowest BCUT2D eigenvalue weighted by Crippen LogP contribution is -2.00. The first-order chi connectivity index (χ1) is 9.27. The lowest BCUT2D eigenvalue weighted by molar-refractivity contribution is 0.201. The van der Waals surface area contributed by atoms with Crippen LogP contribution in [-0.4, -0.2) is 13.2 Å². The molecular formula is C14H22ClO3P. The minimum atomic E-state index is -1.36. The van der Waals surface area contributed by atoms with E-state index in [1.807, 2.05) is 18.2 Å². The predicted octanol–water partition coefficient (Wildman–Crippen LogP) is 5.58. The molecule has 0 saturated heterocycles. The van der Waals surface area contributed by atoms with E-state index in [4.69, 9.17) is 25.2 Å². The van der Waals surface area contributed by atoms with Gasteiger partial charge in [0.05, 0.1) is 18.2 Å². The zero-order chi connectivity index (χ0) is 13.9. The Hall–Kier alpha value is -0.340. The molecule has 5 heteroatoms. The summed E-state index contributed by atoms with van der Waals surface area (Å²) < 4.78 is 17.0. The van der Waals surface area contributed by atoms with Crippen molar-refractivity contribution in [1.82, 2.24) is 0 Å². The molecule has 0 N–H and O–H groups in total. The van der Waals surface area contributed by atoms with Crippen LogP contribution in [0.5, 0.6) is 5.75 Å². The molecule has 0 aliphatic carbocycles.